The minimum atomic E-state index is -0.394. The van der Waals surface area contributed by atoms with Crippen LogP contribution in [0.3, 0.4) is 0 Å². The Kier molecular flexibility index (Phi) is 3.27. The number of azo groups is 1. The summed E-state index contributed by atoms with van der Waals surface area (Å²) in [4.78, 5) is 13.1. The SMILES string of the molecule is Cc1sc2ncnc(N=Nc3c(O)[nH]c4cc(F)ccc34)c2c1C. The molecule has 0 aliphatic rings. The molecule has 6 nitrogen and oxygen atoms in total. The van der Waals surface area contributed by atoms with E-state index in [1.165, 1.54) is 18.5 Å². The molecule has 0 saturated carbocycles. The van der Waals surface area contributed by atoms with Crippen LogP contribution in [-0.2, 0) is 0 Å². The molecule has 0 radical (unpaired) electrons. The van der Waals surface area contributed by atoms with Gasteiger partial charge in [0.1, 0.15) is 17.0 Å². The molecule has 0 fully saturated rings. The minimum Gasteiger partial charge on any atom is -0.493 e. The molecule has 0 spiro atoms. The second kappa shape index (κ2) is 5.34. The smallest absolute Gasteiger partial charge is 0.218 e. The van der Waals surface area contributed by atoms with Gasteiger partial charge in [0.25, 0.3) is 0 Å². The zero-order valence-corrected chi connectivity index (χ0v) is 13.6. The number of thiophene rings is 1. The molecule has 8 heteroatoms. The van der Waals surface area contributed by atoms with Gasteiger partial charge >= 0.3 is 0 Å². The standard InChI is InChI=1S/C16H12FN5OS/c1-7-8(2)24-16-12(7)14(18-6-19-16)22-21-13-10-4-3-9(17)5-11(10)20-15(13)23/h3-6,20,23H,1-2H3. The van der Waals surface area contributed by atoms with Crippen LogP contribution in [0.2, 0.25) is 0 Å². The van der Waals surface area contributed by atoms with Gasteiger partial charge in [-0.05, 0) is 37.6 Å². The van der Waals surface area contributed by atoms with Crippen LogP contribution in [0, 0.1) is 19.7 Å². The minimum absolute atomic E-state index is 0.164. The van der Waals surface area contributed by atoms with E-state index in [0.29, 0.717) is 16.7 Å². The fraction of sp³-hybridized carbons (Fsp3) is 0.125. The third-order valence-electron chi connectivity index (χ3n) is 3.90. The molecule has 120 valence electrons. The summed E-state index contributed by atoms with van der Waals surface area (Å²) >= 11 is 1.57. The molecule has 0 saturated heterocycles. The van der Waals surface area contributed by atoms with Crippen molar-refractivity contribution in [2.75, 3.05) is 0 Å². The first-order chi connectivity index (χ1) is 11.5. The summed E-state index contributed by atoms with van der Waals surface area (Å²) in [5.74, 6) is -0.116. The predicted octanol–water partition coefficient (Wildman–Crippen LogP) is 5.05. The molecule has 3 heterocycles. The van der Waals surface area contributed by atoms with Gasteiger partial charge in [-0.2, -0.15) is 0 Å². The maximum atomic E-state index is 13.3. The van der Waals surface area contributed by atoms with Crippen molar-refractivity contribution in [2.24, 2.45) is 10.2 Å². The van der Waals surface area contributed by atoms with Crippen molar-refractivity contribution in [3.05, 3.63) is 40.8 Å². The van der Waals surface area contributed by atoms with E-state index in [0.717, 1.165) is 20.7 Å². The number of fused-ring (bicyclic) bond motifs is 2. The molecular formula is C16H12FN5OS. The van der Waals surface area contributed by atoms with Crippen LogP contribution in [-0.4, -0.2) is 20.1 Å². The third-order valence-corrected chi connectivity index (χ3v) is 5.02. The van der Waals surface area contributed by atoms with Crippen molar-refractivity contribution in [3.63, 3.8) is 0 Å². The second-order valence-corrected chi connectivity index (χ2v) is 6.58. The lowest BCUT2D eigenvalue weighted by Crippen LogP contribution is -1.80. The second-order valence-electron chi connectivity index (χ2n) is 5.37. The molecule has 0 amide bonds. The summed E-state index contributed by atoms with van der Waals surface area (Å²) in [7, 11) is 0. The van der Waals surface area contributed by atoms with Gasteiger partial charge in [0.15, 0.2) is 11.5 Å². The fourth-order valence-electron chi connectivity index (χ4n) is 2.58. The lowest BCUT2D eigenvalue weighted by atomic mass is 10.2. The molecule has 0 aliphatic carbocycles. The van der Waals surface area contributed by atoms with Crippen molar-refractivity contribution < 1.29 is 9.50 Å². The molecule has 0 unspecified atom stereocenters. The first kappa shape index (κ1) is 14.7. The van der Waals surface area contributed by atoms with Gasteiger partial charge < -0.3 is 10.1 Å². The molecule has 0 aliphatic heterocycles. The zero-order valence-electron chi connectivity index (χ0n) is 12.8. The van der Waals surface area contributed by atoms with Crippen molar-refractivity contribution in [1.29, 1.82) is 0 Å². The van der Waals surface area contributed by atoms with E-state index in [2.05, 4.69) is 25.2 Å². The molecule has 4 rings (SSSR count). The molecule has 1 aromatic carbocycles. The van der Waals surface area contributed by atoms with Crippen molar-refractivity contribution >= 4 is 44.0 Å². The maximum absolute atomic E-state index is 13.3. The normalized spacial score (nSPS) is 12.0. The Hall–Kier alpha value is -2.87. The average molecular weight is 341 g/mol. The van der Waals surface area contributed by atoms with Gasteiger partial charge in [0.05, 0.1) is 10.9 Å². The number of hydrogen-bond donors (Lipinski definition) is 2. The lowest BCUT2D eigenvalue weighted by molar-refractivity contribution is 0.459. The van der Waals surface area contributed by atoms with Crippen LogP contribution in [0.25, 0.3) is 21.1 Å². The Morgan fingerprint density at radius 2 is 2.04 bits per heavy atom. The molecule has 24 heavy (non-hydrogen) atoms. The Morgan fingerprint density at radius 1 is 1.21 bits per heavy atom. The highest BCUT2D eigenvalue weighted by molar-refractivity contribution is 7.18. The summed E-state index contributed by atoms with van der Waals surface area (Å²) in [5, 5.41) is 19.8. The highest BCUT2D eigenvalue weighted by atomic mass is 32.1. The van der Waals surface area contributed by atoms with Crippen LogP contribution in [0.4, 0.5) is 15.9 Å². The summed E-state index contributed by atoms with van der Waals surface area (Å²) in [6.07, 6.45) is 1.44. The maximum Gasteiger partial charge on any atom is 0.218 e. The summed E-state index contributed by atoms with van der Waals surface area (Å²) < 4.78 is 13.3. The highest BCUT2D eigenvalue weighted by Crippen LogP contribution is 2.38. The number of nitrogens with one attached hydrogen (secondary N) is 1. The first-order valence-corrected chi connectivity index (χ1v) is 7.99. The molecule has 4 aromatic rings. The number of aromatic nitrogens is 3. The number of benzene rings is 1. The average Bonchev–Trinajstić information content (AvgIpc) is 3.01. The van der Waals surface area contributed by atoms with Crippen molar-refractivity contribution in [2.45, 2.75) is 13.8 Å². The Bertz CT molecular complexity index is 1110. The zero-order chi connectivity index (χ0) is 16.8. The van der Waals surface area contributed by atoms with Gasteiger partial charge in [0.2, 0.25) is 5.88 Å². The number of rotatable bonds is 2. The van der Waals surface area contributed by atoms with E-state index in [9.17, 15) is 9.50 Å². The Balaban J connectivity index is 1.86. The molecule has 0 atom stereocenters. The van der Waals surface area contributed by atoms with Crippen LogP contribution in [0.15, 0.2) is 34.8 Å². The van der Waals surface area contributed by atoms with E-state index in [1.807, 2.05) is 13.8 Å². The number of aryl methyl sites for hydroxylation is 2. The number of halogens is 1. The number of H-pyrrole nitrogens is 1. The van der Waals surface area contributed by atoms with E-state index in [4.69, 9.17) is 0 Å². The quantitative estimate of drug-likeness (QED) is 0.500. The monoisotopic (exact) mass is 341 g/mol. The lowest BCUT2D eigenvalue weighted by Gasteiger charge is -1.96. The Labute approximate surface area is 139 Å². The molecule has 2 N–H and O–H groups in total. The van der Waals surface area contributed by atoms with Gasteiger partial charge in [-0.3, -0.25) is 0 Å². The van der Waals surface area contributed by atoms with Gasteiger partial charge in [-0.25, -0.2) is 14.4 Å². The highest BCUT2D eigenvalue weighted by Gasteiger charge is 2.14. The fourth-order valence-corrected chi connectivity index (χ4v) is 3.57. The van der Waals surface area contributed by atoms with Gasteiger partial charge in [-0.15, -0.1) is 21.6 Å². The number of aromatic amines is 1. The molecular weight excluding hydrogens is 329 g/mol. The number of aromatic hydroxyl groups is 1. The van der Waals surface area contributed by atoms with E-state index in [1.54, 1.807) is 17.4 Å². The van der Waals surface area contributed by atoms with E-state index >= 15 is 0 Å². The Morgan fingerprint density at radius 3 is 2.88 bits per heavy atom. The van der Waals surface area contributed by atoms with Crippen molar-refractivity contribution in [1.82, 2.24) is 15.0 Å². The van der Waals surface area contributed by atoms with Crippen LogP contribution >= 0.6 is 11.3 Å². The third kappa shape index (κ3) is 2.23. The van der Waals surface area contributed by atoms with Gasteiger partial charge in [0, 0.05) is 10.3 Å². The summed E-state index contributed by atoms with van der Waals surface area (Å²) in [6, 6.07) is 4.15. The van der Waals surface area contributed by atoms with Crippen LogP contribution < -0.4 is 0 Å². The first-order valence-electron chi connectivity index (χ1n) is 7.17. The van der Waals surface area contributed by atoms with Crippen LogP contribution in [0.1, 0.15) is 10.4 Å². The predicted molar refractivity (Wildman–Crippen MR) is 91.0 cm³/mol. The topological polar surface area (TPSA) is 86.5 Å². The van der Waals surface area contributed by atoms with Crippen LogP contribution in [0.5, 0.6) is 5.88 Å². The summed E-state index contributed by atoms with van der Waals surface area (Å²) in [6.45, 7) is 4.01. The van der Waals surface area contributed by atoms with E-state index in [-0.39, 0.29) is 11.6 Å². The number of hydrogen-bond acceptors (Lipinski definition) is 6. The number of nitrogens with zero attached hydrogens (tertiary/aromatic N) is 4. The molecule has 3 aromatic heterocycles. The van der Waals surface area contributed by atoms with Gasteiger partial charge in [-0.1, -0.05) is 0 Å². The van der Waals surface area contributed by atoms with Crippen molar-refractivity contribution in [3.8, 4) is 5.88 Å². The summed E-state index contributed by atoms with van der Waals surface area (Å²) in [5.41, 5.74) is 1.77. The largest absolute Gasteiger partial charge is 0.493 e. The molecule has 0 bridgehead atoms. The van der Waals surface area contributed by atoms with E-state index < -0.39 is 5.82 Å².